The van der Waals surface area contributed by atoms with Gasteiger partial charge in [0.1, 0.15) is 5.75 Å². The highest BCUT2D eigenvalue weighted by molar-refractivity contribution is 6.03. The number of carbonyl (C=O) groups excluding carboxylic acids is 1. The molecule has 1 aromatic carbocycles. The molecule has 1 aromatic heterocycles. The molecule has 2 aromatic rings. The van der Waals surface area contributed by atoms with Crippen molar-refractivity contribution in [1.29, 1.82) is 0 Å². The quantitative estimate of drug-likeness (QED) is 0.836. The summed E-state index contributed by atoms with van der Waals surface area (Å²) in [6.07, 6.45) is 1.36. The van der Waals surface area contributed by atoms with Crippen molar-refractivity contribution in [2.45, 2.75) is 6.92 Å². The average Bonchev–Trinajstić information content (AvgIpc) is 2.85. The van der Waals surface area contributed by atoms with Crippen molar-refractivity contribution in [1.82, 2.24) is 15.4 Å². The summed E-state index contributed by atoms with van der Waals surface area (Å²) < 4.78 is 5.40. The summed E-state index contributed by atoms with van der Waals surface area (Å²) in [5.74, 6) is 0.303. The molecular weight excluding hydrogens is 220 g/mol. The minimum Gasteiger partial charge on any atom is -0.492 e. The Hall–Kier alpha value is -2.37. The zero-order chi connectivity index (χ0) is 12.1. The molecule has 0 aliphatic rings. The first-order valence-corrected chi connectivity index (χ1v) is 5.20. The van der Waals surface area contributed by atoms with Gasteiger partial charge in [0.15, 0.2) is 5.69 Å². The van der Waals surface area contributed by atoms with Crippen LogP contribution in [0.15, 0.2) is 30.5 Å². The van der Waals surface area contributed by atoms with E-state index in [-0.39, 0.29) is 11.6 Å². The van der Waals surface area contributed by atoms with Gasteiger partial charge >= 0.3 is 0 Å². The molecule has 0 atom stereocenters. The van der Waals surface area contributed by atoms with Crippen LogP contribution in [0.25, 0.3) is 0 Å². The van der Waals surface area contributed by atoms with E-state index < -0.39 is 0 Å². The van der Waals surface area contributed by atoms with E-state index in [0.29, 0.717) is 18.0 Å². The van der Waals surface area contributed by atoms with Crippen LogP contribution < -0.4 is 10.1 Å². The molecule has 2 N–H and O–H groups in total. The van der Waals surface area contributed by atoms with Crippen LogP contribution in [0.3, 0.4) is 0 Å². The minimum atomic E-state index is -0.328. The maximum absolute atomic E-state index is 11.7. The van der Waals surface area contributed by atoms with Crippen molar-refractivity contribution in [2.24, 2.45) is 0 Å². The van der Waals surface area contributed by atoms with E-state index in [1.165, 1.54) is 6.20 Å². The van der Waals surface area contributed by atoms with Gasteiger partial charge in [-0.05, 0) is 19.1 Å². The maximum Gasteiger partial charge on any atom is 0.277 e. The lowest BCUT2D eigenvalue weighted by Gasteiger charge is -2.09. The molecule has 0 unspecified atom stereocenters. The molecule has 0 fully saturated rings. The second-order valence-corrected chi connectivity index (χ2v) is 3.24. The summed E-state index contributed by atoms with van der Waals surface area (Å²) in [6, 6.07) is 7.22. The molecule has 0 saturated carbocycles. The first-order chi connectivity index (χ1) is 8.31. The third-order valence-electron chi connectivity index (χ3n) is 2.08. The average molecular weight is 232 g/mol. The fourth-order valence-corrected chi connectivity index (χ4v) is 1.35. The number of hydrogen-bond acceptors (Lipinski definition) is 4. The summed E-state index contributed by atoms with van der Waals surface area (Å²) in [6.45, 7) is 2.42. The van der Waals surface area contributed by atoms with Crippen LogP contribution in [0.2, 0.25) is 0 Å². The molecule has 1 heterocycles. The number of benzene rings is 1. The van der Waals surface area contributed by atoms with E-state index in [4.69, 9.17) is 4.74 Å². The Morgan fingerprint density at radius 1 is 1.47 bits per heavy atom. The number of hydrogen-bond donors (Lipinski definition) is 2. The number of ether oxygens (including phenoxy) is 1. The summed E-state index contributed by atoms with van der Waals surface area (Å²) in [4.78, 5) is 11.7. The lowest BCUT2D eigenvalue weighted by atomic mass is 10.3. The van der Waals surface area contributed by atoms with Gasteiger partial charge in [-0.3, -0.25) is 4.79 Å². The topological polar surface area (TPSA) is 79.9 Å². The minimum absolute atomic E-state index is 0.233. The molecule has 6 heteroatoms. The number of anilines is 1. The van der Waals surface area contributed by atoms with Gasteiger partial charge in [-0.15, -0.1) is 0 Å². The Morgan fingerprint density at radius 3 is 3.00 bits per heavy atom. The van der Waals surface area contributed by atoms with Crippen molar-refractivity contribution in [3.8, 4) is 5.75 Å². The second-order valence-electron chi connectivity index (χ2n) is 3.24. The number of nitrogens with zero attached hydrogens (tertiary/aromatic N) is 2. The second kappa shape index (κ2) is 5.11. The number of para-hydroxylation sites is 2. The summed E-state index contributed by atoms with van der Waals surface area (Å²) in [7, 11) is 0. The van der Waals surface area contributed by atoms with Crippen molar-refractivity contribution < 1.29 is 9.53 Å². The molecular formula is C11H12N4O2. The molecule has 0 spiro atoms. The van der Waals surface area contributed by atoms with Crippen LogP contribution >= 0.6 is 0 Å². The summed E-state index contributed by atoms with van der Waals surface area (Å²) in [5.41, 5.74) is 0.846. The molecule has 0 aliphatic heterocycles. The molecule has 17 heavy (non-hydrogen) atoms. The van der Waals surface area contributed by atoms with Gasteiger partial charge in [0, 0.05) is 0 Å². The number of amides is 1. The smallest absolute Gasteiger partial charge is 0.277 e. The molecule has 0 saturated heterocycles. The molecule has 88 valence electrons. The van der Waals surface area contributed by atoms with E-state index >= 15 is 0 Å². The van der Waals surface area contributed by atoms with E-state index in [0.717, 1.165) is 0 Å². The van der Waals surface area contributed by atoms with Crippen LogP contribution in [0, 0.1) is 0 Å². The van der Waals surface area contributed by atoms with Gasteiger partial charge in [0.2, 0.25) is 0 Å². The highest BCUT2D eigenvalue weighted by Crippen LogP contribution is 2.23. The maximum atomic E-state index is 11.7. The fourth-order valence-electron chi connectivity index (χ4n) is 1.35. The lowest BCUT2D eigenvalue weighted by Crippen LogP contribution is -2.13. The predicted molar refractivity (Wildman–Crippen MR) is 61.9 cm³/mol. The Balaban J connectivity index is 2.15. The molecule has 2 rings (SSSR count). The highest BCUT2D eigenvalue weighted by atomic mass is 16.5. The Morgan fingerprint density at radius 2 is 2.29 bits per heavy atom. The normalized spacial score (nSPS) is 9.94. The van der Waals surface area contributed by atoms with Gasteiger partial charge < -0.3 is 10.1 Å². The van der Waals surface area contributed by atoms with Crippen molar-refractivity contribution in [2.75, 3.05) is 11.9 Å². The third kappa shape index (κ3) is 2.60. The van der Waals surface area contributed by atoms with Gasteiger partial charge in [0.05, 0.1) is 18.5 Å². The third-order valence-corrected chi connectivity index (χ3v) is 2.08. The molecule has 0 radical (unpaired) electrons. The Kier molecular flexibility index (Phi) is 3.34. The van der Waals surface area contributed by atoms with Crippen molar-refractivity contribution in [3.05, 3.63) is 36.2 Å². The number of rotatable bonds is 4. The number of aromatic amines is 1. The monoisotopic (exact) mass is 232 g/mol. The van der Waals surface area contributed by atoms with E-state index in [2.05, 4.69) is 20.7 Å². The van der Waals surface area contributed by atoms with Crippen LogP contribution in [-0.2, 0) is 0 Å². The fraction of sp³-hybridized carbons (Fsp3) is 0.182. The number of nitrogens with one attached hydrogen (secondary N) is 2. The van der Waals surface area contributed by atoms with Crippen molar-refractivity contribution in [3.63, 3.8) is 0 Å². The van der Waals surface area contributed by atoms with Crippen LogP contribution in [-0.4, -0.2) is 27.9 Å². The van der Waals surface area contributed by atoms with Gasteiger partial charge in [-0.25, -0.2) is 0 Å². The van der Waals surface area contributed by atoms with Crippen LogP contribution in [0.4, 0.5) is 5.69 Å². The first-order valence-electron chi connectivity index (χ1n) is 5.20. The van der Waals surface area contributed by atoms with E-state index in [1.54, 1.807) is 12.1 Å². The Bertz CT molecular complexity index is 496. The van der Waals surface area contributed by atoms with E-state index in [9.17, 15) is 4.79 Å². The molecule has 6 nitrogen and oxygen atoms in total. The predicted octanol–water partition coefficient (Wildman–Crippen LogP) is 1.46. The van der Waals surface area contributed by atoms with E-state index in [1.807, 2.05) is 19.1 Å². The molecule has 0 aliphatic carbocycles. The van der Waals surface area contributed by atoms with Gasteiger partial charge in [-0.1, -0.05) is 12.1 Å². The SMILES string of the molecule is CCOc1ccccc1NC(=O)c1cn[nH]n1. The number of aromatic nitrogens is 3. The number of carbonyl (C=O) groups is 1. The standard InChI is InChI=1S/C11H12N4O2/c1-2-17-10-6-4-3-5-8(10)13-11(16)9-7-12-15-14-9/h3-7H,2H2,1H3,(H,13,16)(H,12,14,15). The van der Waals surface area contributed by atoms with Gasteiger partial charge in [-0.2, -0.15) is 15.4 Å². The van der Waals surface area contributed by atoms with Gasteiger partial charge in [0.25, 0.3) is 5.91 Å². The summed E-state index contributed by atoms with van der Waals surface area (Å²) in [5, 5.41) is 12.4. The zero-order valence-electron chi connectivity index (χ0n) is 9.30. The lowest BCUT2D eigenvalue weighted by molar-refractivity contribution is 0.102. The Labute approximate surface area is 98.0 Å². The van der Waals surface area contributed by atoms with Crippen LogP contribution in [0.1, 0.15) is 17.4 Å². The summed E-state index contributed by atoms with van der Waals surface area (Å²) >= 11 is 0. The van der Waals surface area contributed by atoms with Crippen molar-refractivity contribution >= 4 is 11.6 Å². The first kappa shape index (κ1) is 11.1. The zero-order valence-corrected chi connectivity index (χ0v) is 9.30. The largest absolute Gasteiger partial charge is 0.492 e. The molecule has 0 bridgehead atoms. The highest BCUT2D eigenvalue weighted by Gasteiger charge is 2.11. The van der Waals surface area contributed by atoms with Crippen LogP contribution in [0.5, 0.6) is 5.75 Å². The molecule has 1 amide bonds. The number of H-pyrrole nitrogens is 1.